The first kappa shape index (κ1) is 8.83. The van der Waals surface area contributed by atoms with Gasteiger partial charge in [0.05, 0.1) is 0 Å². The number of carbonyl (C=O) groups is 1. The Morgan fingerprint density at radius 1 is 1.60 bits per heavy atom. The van der Waals surface area contributed by atoms with Gasteiger partial charge in [0.1, 0.15) is 6.61 Å². The Hall–Kier alpha value is -1.17. The Labute approximate surface area is 60.0 Å². The Morgan fingerprint density at radius 3 is 2.80 bits per heavy atom. The summed E-state index contributed by atoms with van der Waals surface area (Å²) in [6.45, 7) is 2.10. The van der Waals surface area contributed by atoms with E-state index in [1.807, 2.05) is 6.92 Å². The van der Waals surface area contributed by atoms with Gasteiger partial charge in [-0.1, -0.05) is 12.8 Å². The molecule has 0 saturated heterocycles. The SMILES string of the molecule is CCC#CCCOC(=O)O. The van der Waals surface area contributed by atoms with Crippen molar-refractivity contribution < 1.29 is 14.6 Å². The van der Waals surface area contributed by atoms with Crippen LogP contribution in [0.4, 0.5) is 4.79 Å². The van der Waals surface area contributed by atoms with E-state index < -0.39 is 6.16 Å². The van der Waals surface area contributed by atoms with Crippen molar-refractivity contribution in [2.75, 3.05) is 6.61 Å². The molecule has 0 atom stereocenters. The van der Waals surface area contributed by atoms with Gasteiger partial charge in [-0.05, 0) is 0 Å². The molecule has 1 N–H and O–H groups in total. The van der Waals surface area contributed by atoms with Gasteiger partial charge in [-0.2, -0.15) is 0 Å². The Bertz CT molecular complexity index is 152. The van der Waals surface area contributed by atoms with Crippen molar-refractivity contribution in [2.24, 2.45) is 0 Å². The van der Waals surface area contributed by atoms with E-state index in [0.717, 1.165) is 6.42 Å². The summed E-state index contributed by atoms with van der Waals surface area (Å²) in [6, 6.07) is 0. The molecule has 3 heteroatoms. The van der Waals surface area contributed by atoms with Crippen LogP contribution in [0.3, 0.4) is 0 Å². The van der Waals surface area contributed by atoms with Crippen molar-refractivity contribution in [2.45, 2.75) is 19.8 Å². The molecule has 3 nitrogen and oxygen atoms in total. The van der Waals surface area contributed by atoms with Crippen LogP contribution in [0.25, 0.3) is 0 Å². The summed E-state index contributed by atoms with van der Waals surface area (Å²) in [7, 11) is 0. The fraction of sp³-hybridized carbons (Fsp3) is 0.571. The summed E-state index contributed by atoms with van der Waals surface area (Å²) in [6.07, 6.45) is 0.0472. The lowest BCUT2D eigenvalue weighted by atomic mass is 10.4. The van der Waals surface area contributed by atoms with Gasteiger partial charge in [-0.25, -0.2) is 4.79 Å². The minimum atomic E-state index is -1.24. The second-order valence-corrected chi connectivity index (χ2v) is 1.57. The van der Waals surface area contributed by atoms with E-state index in [2.05, 4.69) is 16.6 Å². The molecule has 0 saturated carbocycles. The van der Waals surface area contributed by atoms with Gasteiger partial charge >= 0.3 is 6.16 Å². The van der Waals surface area contributed by atoms with Gasteiger partial charge in [-0.15, -0.1) is 5.92 Å². The fourth-order valence-corrected chi connectivity index (χ4v) is 0.403. The smallest absolute Gasteiger partial charge is 0.450 e. The normalized spacial score (nSPS) is 7.70. The van der Waals surface area contributed by atoms with Crippen molar-refractivity contribution in [3.63, 3.8) is 0 Å². The Morgan fingerprint density at radius 2 is 2.30 bits per heavy atom. The van der Waals surface area contributed by atoms with Gasteiger partial charge in [0.2, 0.25) is 0 Å². The van der Waals surface area contributed by atoms with Crippen molar-refractivity contribution in [1.82, 2.24) is 0 Å². The molecule has 0 heterocycles. The molecule has 0 aliphatic heterocycles. The van der Waals surface area contributed by atoms with Gasteiger partial charge in [0, 0.05) is 12.8 Å². The first-order chi connectivity index (χ1) is 4.77. The molecule has 0 bridgehead atoms. The fourth-order valence-electron chi connectivity index (χ4n) is 0.403. The van der Waals surface area contributed by atoms with E-state index in [-0.39, 0.29) is 6.61 Å². The van der Waals surface area contributed by atoms with E-state index in [0.29, 0.717) is 6.42 Å². The predicted octanol–water partition coefficient (Wildman–Crippen LogP) is 1.48. The first-order valence-corrected chi connectivity index (χ1v) is 3.08. The largest absolute Gasteiger partial charge is 0.505 e. The molecule has 56 valence electrons. The maximum Gasteiger partial charge on any atom is 0.505 e. The van der Waals surface area contributed by atoms with Crippen LogP contribution in [0.5, 0.6) is 0 Å². The standard InChI is InChI=1S/C7H10O3/c1-2-3-4-5-6-10-7(8)9/h2,5-6H2,1H3,(H,8,9). The van der Waals surface area contributed by atoms with Crippen LogP contribution < -0.4 is 0 Å². The summed E-state index contributed by atoms with van der Waals surface area (Å²) in [5.41, 5.74) is 0. The van der Waals surface area contributed by atoms with Crippen LogP contribution >= 0.6 is 0 Å². The minimum absolute atomic E-state index is 0.169. The molecule has 0 aromatic rings. The van der Waals surface area contributed by atoms with Crippen LogP contribution in [0, 0.1) is 11.8 Å². The molecular weight excluding hydrogens is 132 g/mol. The number of carboxylic acid groups (broad SMARTS) is 1. The van der Waals surface area contributed by atoms with Crippen LogP contribution in [-0.2, 0) is 4.74 Å². The lowest BCUT2D eigenvalue weighted by Crippen LogP contribution is -2.00. The van der Waals surface area contributed by atoms with Crippen molar-refractivity contribution in [1.29, 1.82) is 0 Å². The molecule has 0 aliphatic rings. The molecule has 0 aromatic heterocycles. The average molecular weight is 142 g/mol. The quantitative estimate of drug-likeness (QED) is 0.361. The maximum absolute atomic E-state index is 9.76. The lowest BCUT2D eigenvalue weighted by Gasteiger charge is -1.92. The number of hydrogen-bond donors (Lipinski definition) is 1. The highest BCUT2D eigenvalue weighted by molar-refractivity contribution is 5.56. The third-order valence-electron chi connectivity index (χ3n) is 0.754. The third-order valence-corrected chi connectivity index (χ3v) is 0.754. The van der Waals surface area contributed by atoms with Crippen molar-refractivity contribution in [3.05, 3.63) is 0 Å². The Kier molecular flexibility index (Phi) is 5.26. The van der Waals surface area contributed by atoms with Gasteiger partial charge in [0.25, 0.3) is 0 Å². The second-order valence-electron chi connectivity index (χ2n) is 1.57. The zero-order valence-corrected chi connectivity index (χ0v) is 5.89. The van der Waals surface area contributed by atoms with Crippen molar-refractivity contribution in [3.8, 4) is 11.8 Å². The minimum Gasteiger partial charge on any atom is -0.450 e. The van der Waals surface area contributed by atoms with Crippen LogP contribution in [0.2, 0.25) is 0 Å². The second kappa shape index (κ2) is 5.96. The lowest BCUT2D eigenvalue weighted by molar-refractivity contribution is 0.0937. The van der Waals surface area contributed by atoms with E-state index >= 15 is 0 Å². The molecule has 0 fully saturated rings. The number of hydrogen-bond acceptors (Lipinski definition) is 2. The topological polar surface area (TPSA) is 46.5 Å². The molecule has 0 amide bonds. The van der Waals surface area contributed by atoms with Gasteiger partial charge < -0.3 is 9.84 Å². The molecule has 10 heavy (non-hydrogen) atoms. The highest BCUT2D eigenvalue weighted by Crippen LogP contribution is 1.81. The average Bonchev–Trinajstić information content (AvgIpc) is 1.87. The summed E-state index contributed by atoms with van der Waals surface area (Å²) in [5, 5.41) is 8.00. The summed E-state index contributed by atoms with van der Waals surface area (Å²) >= 11 is 0. The summed E-state index contributed by atoms with van der Waals surface area (Å²) < 4.78 is 4.20. The highest BCUT2D eigenvalue weighted by Gasteiger charge is 1.91. The van der Waals surface area contributed by atoms with Crippen LogP contribution in [0.15, 0.2) is 0 Å². The summed E-state index contributed by atoms with van der Waals surface area (Å²) in [4.78, 5) is 9.76. The monoisotopic (exact) mass is 142 g/mol. The van der Waals surface area contributed by atoms with E-state index in [4.69, 9.17) is 5.11 Å². The van der Waals surface area contributed by atoms with Gasteiger partial charge in [-0.3, -0.25) is 0 Å². The van der Waals surface area contributed by atoms with Crippen LogP contribution in [0.1, 0.15) is 19.8 Å². The molecule has 0 spiro atoms. The first-order valence-electron chi connectivity index (χ1n) is 3.08. The van der Waals surface area contributed by atoms with E-state index in [9.17, 15) is 4.79 Å². The predicted molar refractivity (Wildman–Crippen MR) is 36.7 cm³/mol. The van der Waals surface area contributed by atoms with Crippen LogP contribution in [-0.4, -0.2) is 17.9 Å². The van der Waals surface area contributed by atoms with E-state index in [1.165, 1.54) is 0 Å². The third kappa shape index (κ3) is 6.83. The molecule has 0 unspecified atom stereocenters. The Balaban J connectivity index is 3.13. The zero-order valence-electron chi connectivity index (χ0n) is 5.89. The number of rotatable bonds is 2. The maximum atomic E-state index is 9.76. The molecule has 0 radical (unpaired) electrons. The zero-order chi connectivity index (χ0) is 7.82. The highest BCUT2D eigenvalue weighted by atomic mass is 16.7. The van der Waals surface area contributed by atoms with Crippen molar-refractivity contribution >= 4 is 6.16 Å². The molecule has 0 aromatic carbocycles. The molecule has 0 rings (SSSR count). The van der Waals surface area contributed by atoms with E-state index in [1.54, 1.807) is 0 Å². The van der Waals surface area contributed by atoms with Gasteiger partial charge in [0.15, 0.2) is 0 Å². The molecular formula is C7H10O3. The summed E-state index contributed by atoms with van der Waals surface area (Å²) in [5.74, 6) is 5.55. The molecule has 0 aliphatic carbocycles. The number of ether oxygens (including phenoxy) is 1.